The van der Waals surface area contributed by atoms with Gasteiger partial charge in [0.1, 0.15) is 11.2 Å². The van der Waals surface area contributed by atoms with Gasteiger partial charge in [-0.1, -0.05) is 152 Å². The molecule has 1 nitrogen and oxygen atoms in total. The lowest BCUT2D eigenvalue weighted by atomic mass is 9.83. The van der Waals surface area contributed by atoms with Gasteiger partial charge in [-0.15, -0.1) is 0 Å². The Balaban J connectivity index is 1.32. The highest BCUT2D eigenvalue weighted by Crippen LogP contribution is 2.48. The van der Waals surface area contributed by atoms with Crippen LogP contribution in [0.4, 0.5) is 0 Å². The normalized spacial score (nSPS) is 11.7. The Labute approximate surface area is 284 Å². The Kier molecular flexibility index (Phi) is 6.25. The van der Waals surface area contributed by atoms with Crippen molar-refractivity contribution in [1.29, 1.82) is 0 Å². The smallest absolute Gasteiger partial charge is 0.136 e. The highest BCUT2D eigenvalue weighted by atomic mass is 16.3. The number of fused-ring (bicyclic) bond motifs is 6. The molecule has 10 rings (SSSR count). The Bertz CT molecular complexity index is 2800. The molecule has 0 atom stereocenters. The van der Waals surface area contributed by atoms with E-state index in [0.29, 0.717) is 0 Å². The molecule has 0 saturated heterocycles. The molecular formula is C48H30O. The third-order valence-electron chi connectivity index (χ3n) is 10.0. The molecule has 1 aromatic heterocycles. The fourth-order valence-electron chi connectivity index (χ4n) is 7.87. The summed E-state index contributed by atoms with van der Waals surface area (Å²) < 4.78 is 6.53. The van der Waals surface area contributed by atoms with E-state index in [0.717, 1.165) is 21.9 Å². The summed E-state index contributed by atoms with van der Waals surface area (Å²) in [6, 6.07) is 65.7. The van der Waals surface area contributed by atoms with Gasteiger partial charge >= 0.3 is 0 Å². The number of hydrogen-bond donors (Lipinski definition) is 0. The van der Waals surface area contributed by atoms with E-state index in [9.17, 15) is 0 Å². The van der Waals surface area contributed by atoms with Crippen LogP contribution in [0.1, 0.15) is 0 Å². The molecule has 228 valence electrons. The number of hydrogen-bond acceptors (Lipinski definition) is 1. The third kappa shape index (κ3) is 4.40. The first kappa shape index (κ1) is 27.7. The summed E-state index contributed by atoms with van der Waals surface area (Å²) in [4.78, 5) is 0. The van der Waals surface area contributed by atoms with Gasteiger partial charge in [-0.3, -0.25) is 0 Å². The maximum atomic E-state index is 6.53. The Morgan fingerprint density at radius 3 is 1.49 bits per heavy atom. The zero-order chi connectivity index (χ0) is 32.3. The molecule has 0 N–H and O–H groups in total. The van der Waals surface area contributed by atoms with Crippen LogP contribution < -0.4 is 0 Å². The fraction of sp³-hybridized carbons (Fsp3) is 0. The van der Waals surface area contributed by atoms with Crippen LogP contribution in [0, 0.1) is 0 Å². The van der Waals surface area contributed by atoms with Crippen molar-refractivity contribution in [1.82, 2.24) is 0 Å². The van der Waals surface area contributed by atoms with Crippen LogP contribution in [0.25, 0.3) is 98.8 Å². The highest BCUT2D eigenvalue weighted by Gasteiger charge is 2.21. The minimum atomic E-state index is 0.900. The molecule has 10 aromatic rings. The molecule has 0 fully saturated rings. The third-order valence-corrected chi connectivity index (χ3v) is 10.0. The van der Waals surface area contributed by atoms with E-state index >= 15 is 0 Å². The van der Waals surface area contributed by atoms with Crippen molar-refractivity contribution in [2.75, 3.05) is 0 Å². The molecule has 1 heterocycles. The van der Waals surface area contributed by atoms with Crippen molar-refractivity contribution >= 4 is 54.3 Å². The largest absolute Gasteiger partial charge is 0.456 e. The molecule has 0 radical (unpaired) electrons. The molecule has 0 aliphatic carbocycles. The van der Waals surface area contributed by atoms with E-state index in [1.165, 1.54) is 76.8 Å². The number of benzene rings is 9. The highest BCUT2D eigenvalue weighted by molar-refractivity contribution is 6.27. The van der Waals surface area contributed by atoms with Crippen molar-refractivity contribution in [2.24, 2.45) is 0 Å². The van der Waals surface area contributed by atoms with Crippen LogP contribution in [0.15, 0.2) is 186 Å². The summed E-state index contributed by atoms with van der Waals surface area (Å²) in [6.07, 6.45) is 0. The van der Waals surface area contributed by atoms with Gasteiger partial charge in [0.2, 0.25) is 0 Å². The summed E-state index contributed by atoms with van der Waals surface area (Å²) in [5.41, 5.74) is 11.5. The molecule has 1 heteroatoms. The average Bonchev–Trinajstić information content (AvgIpc) is 3.56. The fourth-order valence-corrected chi connectivity index (χ4v) is 7.87. The van der Waals surface area contributed by atoms with Crippen LogP contribution in [0.2, 0.25) is 0 Å². The predicted octanol–water partition coefficient (Wildman–Crippen LogP) is 13.7. The number of rotatable bonds is 4. The minimum Gasteiger partial charge on any atom is -0.456 e. The second kappa shape index (κ2) is 11.1. The van der Waals surface area contributed by atoms with E-state index in [1.807, 2.05) is 0 Å². The SMILES string of the molecule is c1ccc(-c2cc(-c3c4ccccc4c(-c4cccc5oc6ccc(-c7ccccc7)cc6c45)c4ccccc34)c3ccccc3c2)cc1. The zero-order valence-corrected chi connectivity index (χ0v) is 26.7. The summed E-state index contributed by atoms with van der Waals surface area (Å²) in [5, 5.41) is 9.70. The van der Waals surface area contributed by atoms with Gasteiger partial charge in [0.25, 0.3) is 0 Å². The summed E-state index contributed by atoms with van der Waals surface area (Å²) in [7, 11) is 0. The first-order valence-electron chi connectivity index (χ1n) is 16.8. The first-order chi connectivity index (χ1) is 24.3. The van der Waals surface area contributed by atoms with Crippen molar-refractivity contribution in [3.8, 4) is 44.5 Å². The number of furan rings is 1. The zero-order valence-electron chi connectivity index (χ0n) is 26.7. The summed E-state index contributed by atoms with van der Waals surface area (Å²) >= 11 is 0. The van der Waals surface area contributed by atoms with Gasteiger partial charge in [0, 0.05) is 10.8 Å². The molecule has 0 bridgehead atoms. The van der Waals surface area contributed by atoms with Gasteiger partial charge in [-0.05, 0) is 107 Å². The summed E-state index contributed by atoms with van der Waals surface area (Å²) in [6.45, 7) is 0. The van der Waals surface area contributed by atoms with Gasteiger partial charge in [-0.2, -0.15) is 0 Å². The van der Waals surface area contributed by atoms with E-state index in [2.05, 4.69) is 182 Å². The lowest BCUT2D eigenvalue weighted by Crippen LogP contribution is -1.93. The Hall–Kier alpha value is -6.44. The van der Waals surface area contributed by atoms with Crippen LogP contribution in [0.3, 0.4) is 0 Å². The molecule has 0 aliphatic heterocycles. The molecule has 9 aromatic carbocycles. The molecule has 0 spiro atoms. The Morgan fingerprint density at radius 2 is 0.837 bits per heavy atom. The molecule has 0 unspecified atom stereocenters. The van der Waals surface area contributed by atoms with E-state index in [4.69, 9.17) is 4.42 Å². The second-order valence-corrected chi connectivity index (χ2v) is 12.8. The lowest BCUT2D eigenvalue weighted by molar-refractivity contribution is 0.669. The lowest BCUT2D eigenvalue weighted by Gasteiger charge is -2.20. The van der Waals surface area contributed by atoms with Gasteiger partial charge < -0.3 is 4.42 Å². The van der Waals surface area contributed by atoms with Crippen LogP contribution >= 0.6 is 0 Å². The minimum absolute atomic E-state index is 0.900. The van der Waals surface area contributed by atoms with E-state index < -0.39 is 0 Å². The monoisotopic (exact) mass is 622 g/mol. The molecule has 0 amide bonds. The van der Waals surface area contributed by atoms with Crippen LogP contribution in [0.5, 0.6) is 0 Å². The van der Waals surface area contributed by atoms with Crippen molar-refractivity contribution in [3.63, 3.8) is 0 Å². The molecule has 0 aliphatic rings. The molecule has 49 heavy (non-hydrogen) atoms. The molecular weight excluding hydrogens is 593 g/mol. The van der Waals surface area contributed by atoms with E-state index in [1.54, 1.807) is 0 Å². The van der Waals surface area contributed by atoms with Crippen LogP contribution in [-0.4, -0.2) is 0 Å². The maximum Gasteiger partial charge on any atom is 0.136 e. The van der Waals surface area contributed by atoms with Crippen molar-refractivity contribution in [3.05, 3.63) is 182 Å². The topological polar surface area (TPSA) is 13.1 Å². The van der Waals surface area contributed by atoms with Crippen LogP contribution in [-0.2, 0) is 0 Å². The Morgan fingerprint density at radius 1 is 0.286 bits per heavy atom. The van der Waals surface area contributed by atoms with Gasteiger partial charge in [0.05, 0.1) is 0 Å². The second-order valence-electron chi connectivity index (χ2n) is 12.8. The first-order valence-corrected chi connectivity index (χ1v) is 16.8. The van der Waals surface area contributed by atoms with E-state index in [-0.39, 0.29) is 0 Å². The standard InChI is InChI=1S/C48H30O/c1-3-14-31(15-4-1)33-26-27-44-43(29-33)48-41(24-13-25-45(48)49-44)46-37-20-9-11-22-39(37)47(40-23-12-10-21-38(40)46)42-30-35(32-16-5-2-6-17-32)28-34-18-7-8-19-36(34)42/h1-30H. The predicted molar refractivity (Wildman–Crippen MR) is 208 cm³/mol. The van der Waals surface area contributed by atoms with Crippen molar-refractivity contribution < 1.29 is 4.42 Å². The average molecular weight is 623 g/mol. The maximum absolute atomic E-state index is 6.53. The summed E-state index contributed by atoms with van der Waals surface area (Å²) in [5.74, 6) is 0. The van der Waals surface area contributed by atoms with Gasteiger partial charge in [0.15, 0.2) is 0 Å². The van der Waals surface area contributed by atoms with Gasteiger partial charge in [-0.25, -0.2) is 0 Å². The molecule has 0 saturated carbocycles. The van der Waals surface area contributed by atoms with Crippen molar-refractivity contribution in [2.45, 2.75) is 0 Å². The quantitative estimate of drug-likeness (QED) is 0.178.